The fourth-order valence-electron chi connectivity index (χ4n) is 3.52. The van der Waals surface area contributed by atoms with Crippen molar-refractivity contribution in [3.63, 3.8) is 0 Å². The van der Waals surface area contributed by atoms with E-state index in [1.54, 1.807) is 12.1 Å². The van der Waals surface area contributed by atoms with Crippen molar-refractivity contribution in [2.24, 2.45) is 0 Å². The van der Waals surface area contributed by atoms with Crippen molar-refractivity contribution < 1.29 is 9.50 Å². The van der Waals surface area contributed by atoms with Crippen molar-refractivity contribution in [2.75, 3.05) is 13.2 Å². The van der Waals surface area contributed by atoms with E-state index >= 15 is 0 Å². The molecule has 0 radical (unpaired) electrons. The first kappa shape index (κ1) is 16.1. The van der Waals surface area contributed by atoms with Gasteiger partial charge in [-0.05, 0) is 63.9 Å². The molecule has 0 aliphatic carbocycles. The van der Waals surface area contributed by atoms with E-state index in [4.69, 9.17) is 0 Å². The van der Waals surface area contributed by atoms with Gasteiger partial charge in [-0.25, -0.2) is 9.07 Å². The molecule has 1 aromatic heterocycles. The maximum Gasteiger partial charge on any atom is 0.123 e. The van der Waals surface area contributed by atoms with Crippen LogP contribution in [0.15, 0.2) is 24.3 Å². The molecule has 1 atom stereocenters. The standard InChI is InChI=1S/C18H24FN3O/c1-13-18(12-21-10-3-4-16(21)9-11-23)14(2)22(20-13)17-7-5-15(19)6-8-17/h5-8,16,23H,3-4,9-12H2,1-2H3. The van der Waals surface area contributed by atoms with E-state index in [1.165, 1.54) is 24.1 Å². The molecule has 0 saturated carbocycles. The minimum Gasteiger partial charge on any atom is -0.396 e. The van der Waals surface area contributed by atoms with Gasteiger partial charge in [0.1, 0.15) is 5.82 Å². The van der Waals surface area contributed by atoms with Crippen LogP contribution in [0, 0.1) is 19.7 Å². The fraction of sp³-hybridized carbons (Fsp3) is 0.500. The summed E-state index contributed by atoms with van der Waals surface area (Å²) in [5.41, 5.74) is 4.23. The van der Waals surface area contributed by atoms with E-state index in [0.29, 0.717) is 6.04 Å². The average Bonchev–Trinajstić information content (AvgIpc) is 3.08. The summed E-state index contributed by atoms with van der Waals surface area (Å²) in [6.45, 7) is 6.28. The number of aryl methyl sites for hydroxylation is 1. The molecule has 1 fully saturated rings. The molecular formula is C18H24FN3O. The Morgan fingerprint density at radius 3 is 2.70 bits per heavy atom. The summed E-state index contributed by atoms with van der Waals surface area (Å²) in [5.74, 6) is -0.237. The van der Waals surface area contributed by atoms with Gasteiger partial charge in [-0.1, -0.05) is 0 Å². The second-order valence-electron chi connectivity index (χ2n) is 6.32. The molecular weight excluding hydrogens is 293 g/mol. The zero-order chi connectivity index (χ0) is 16.4. The lowest BCUT2D eigenvalue weighted by molar-refractivity contribution is 0.189. The monoisotopic (exact) mass is 317 g/mol. The molecule has 0 bridgehead atoms. The Bertz CT molecular complexity index is 666. The maximum atomic E-state index is 13.1. The number of nitrogens with zero attached hydrogens (tertiary/aromatic N) is 3. The first-order valence-corrected chi connectivity index (χ1v) is 8.26. The molecule has 1 aliphatic heterocycles. The molecule has 2 aromatic rings. The molecule has 124 valence electrons. The Morgan fingerprint density at radius 2 is 2.00 bits per heavy atom. The number of aliphatic hydroxyl groups is 1. The maximum absolute atomic E-state index is 13.1. The smallest absolute Gasteiger partial charge is 0.123 e. The highest BCUT2D eigenvalue weighted by Crippen LogP contribution is 2.26. The summed E-state index contributed by atoms with van der Waals surface area (Å²) in [7, 11) is 0. The normalized spacial score (nSPS) is 18.7. The van der Waals surface area contributed by atoms with Gasteiger partial charge in [-0.2, -0.15) is 5.10 Å². The SMILES string of the molecule is Cc1nn(-c2ccc(F)cc2)c(C)c1CN1CCCC1CCO. The third kappa shape index (κ3) is 3.31. The highest BCUT2D eigenvalue weighted by Gasteiger charge is 2.26. The largest absolute Gasteiger partial charge is 0.396 e. The number of aliphatic hydroxyl groups excluding tert-OH is 1. The number of aromatic nitrogens is 2. The highest BCUT2D eigenvalue weighted by atomic mass is 19.1. The summed E-state index contributed by atoms with van der Waals surface area (Å²) < 4.78 is 15.0. The van der Waals surface area contributed by atoms with Crippen molar-refractivity contribution in [2.45, 2.75) is 45.7 Å². The van der Waals surface area contributed by atoms with Crippen molar-refractivity contribution in [3.8, 4) is 5.69 Å². The Kier molecular flexibility index (Phi) is 4.78. The lowest BCUT2D eigenvalue weighted by atomic mass is 10.1. The van der Waals surface area contributed by atoms with Crippen LogP contribution in [-0.2, 0) is 6.54 Å². The van der Waals surface area contributed by atoms with Gasteiger partial charge in [0.05, 0.1) is 11.4 Å². The van der Waals surface area contributed by atoms with Crippen LogP contribution < -0.4 is 0 Å². The van der Waals surface area contributed by atoms with Crippen LogP contribution in [-0.4, -0.2) is 39.0 Å². The second-order valence-corrected chi connectivity index (χ2v) is 6.32. The van der Waals surface area contributed by atoms with Crippen molar-refractivity contribution in [1.29, 1.82) is 0 Å². The van der Waals surface area contributed by atoms with Gasteiger partial charge in [-0.15, -0.1) is 0 Å². The predicted molar refractivity (Wildman–Crippen MR) is 88.1 cm³/mol. The van der Waals surface area contributed by atoms with Gasteiger partial charge >= 0.3 is 0 Å². The van der Waals surface area contributed by atoms with Crippen molar-refractivity contribution in [1.82, 2.24) is 14.7 Å². The van der Waals surface area contributed by atoms with Crippen LogP contribution in [0.2, 0.25) is 0 Å². The summed E-state index contributed by atoms with van der Waals surface area (Å²) in [6.07, 6.45) is 3.18. The van der Waals surface area contributed by atoms with Gasteiger partial charge < -0.3 is 5.11 Å². The van der Waals surface area contributed by atoms with Gasteiger partial charge in [0.25, 0.3) is 0 Å². The lowest BCUT2D eigenvalue weighted by Gasteiger charge is -2.24. The molecule has 2 heterocycles. The molecule has 3 rings (SSSR count). The molecule has 1 aromatic carbocycles. The van der Waals surface area contributed by atoms with Crippen molar-refractivity contribution >= 4 is 0 Å². The lowest BCUT2D eigenvalue weighted by Crippen LogP contribution is -2.30. The van der Waals surface area contributed by atoms with Gasteiger partial charge in [0.15, 0.2) is 0 Å². The van der Waals surface area contributed by atoms with Crippen LogP contribution in [0.3, 0.4) is 0 Å². The number of likely N-dealkylation sites (tertiary alicyclic amines) is 1. The quantitative estimate of drug-likeness (QED) is 0.922. The predicted octanol–water partition coefficient (Wildman–Crippen LogP) is 2.98. The fourth-order valence-corrected chi connectivity index (χ4v) is 3.52. The van der Waals surface area contributed by atoms with Crippen LogP contribution in [0.25, 0.3) is 5.69 Å². The molecule has 0 amide bonds. The molecule has 4 nitrogen and oxygen atoms in total. The Hall–Kier alpha value is -1.72. The first-order valence-electron chi connectivity index (χ1n) is 8.26. The molecule has 1 saturated heterocycles. The average molecular weight is 317 g/mol. The minimum atomic E-state index is -0.237. The molecule has 1 aliphatic rings. The van der Waals surface area contributed by atoms with Crippen molar-refractivity contribution in [3.05, 3.63) is 47.0 Å². The van der Waals surface area contributed by atoms with E-state index in [9.17, 15) is 9.50 Å². The van der Waals surface area contributed by atoms with E-state index in [1.807, 2.05) is 11.6 Å². The molecule has 0 spiro atoms. The van der Waals surface area contributed by atoms with Crippen LogP contribution >= 0.6 is 0 Å². The highest BCUT2D eigenvalue weighted by molar-refractivity contribution is 5.37. The number of hydrogen-bond donors (Lipinski definition) is 1. The Morgan fingerprint density at radius 1 is 1.26 bits per heavy atom. The second kappa shape index (κ2) is 6.81. The molecule has 5 heteroatoms. The Labute approximate surface area is 136 Å². The van der Waals surface area contributed by atoms with E-state index < -0.39 is 0 Å². The molecule has 23 heavy (non-hydrogen) atoms. The summed E-state index contributed by atoms with van der Waals surface area (Å²) >= 11 is 0. The minimum absolute atomic E-state index is 0.237. The number of halogens is 1. The number of hydrogen-bond acceptors (Lipinski definition) is 3. The summed E-state index contributed by atoms with van der Waals surface area (Å²) in [4.78, 5) is 2.45. The summed E-state index contributed by atoms with van der Waals surface area (Å²) in [6, 6.07) is 6.89. The van der Waals surface area contributed by atoms with E-state index in [0.717, 1.165) is 43.0 Å². The van der Waals surface area contributed by atoms with Gasteiger partial charge in [-0.3, -0.25) is 4.90 Å². The topological polar surface area (TPSA) is 41.3 Å². The zero-order valence-corrected chi connectivity index (χ0v) is 13.8. The number of rotatable bonds is 5. The number of benzene rings is 1. The van der Waals surface area contributed by atoms with Crippen LogP contribution in [0.1, 0.15) is 36.2 Å². The Balaban J connectivity index is 1.85. The first-order chi connectivity index (χ1) is 11.1. The summed E-state index contributed by atoms with van der Waals surface area (Å²) in [5, 5.41) is 13.9. The van der Waals surface area contributed by atoms with Gasteiger partial charge in [0, 0.05) is 30.5 Å². The molecule has 1 unspecified atom stereocenters. The zero-order valence-electron chi connectivity index (χ0n) is 13.8. The third-order valence-corrected chi connectivity index (χ3v) is 4.83. The third-order valence-electron chi connectivity index (χ3n) is 4.83. The van der Waals surface area contributed by atoms with Crippen LogP contribution in [0.5, 0.6) is 0 Å². The van der Waals surface area contributed by atoms with E-state index in [-0.39, 0.29) is 12.4 Å². The van der Waals surface area contributed by atoms with E-state index in [2.05, 4.69) is 16.9 Å². The molecule has 1 N–H and O–H groups in total. The van der Waals surface area contributed by atoms with Gasteiger partial charge in [0.2, 0.25) is 0 Å². The van der Waals surface area contributed by atoms with Crippen LogP contribution in [0.4, 0.5) is 4.39 Å².